The molecule has 24 heavy (non-hydrogen) atoms. The quantitative estimate of drug-likeness (QED) is 0.661. The molecular weight excluding hydrogens is 365 g/mol. The fraction of sp³-hybridized carbons (Fsp3) is 0.176. The van der Waals surface area contributed by atoms with Crippen molar-refractivity contribution >= 4 is 40.4 Å². The first kappa shape index (κ1) is 15.7. The average molecular weight is 378 g/mol. The van der Waals surface area contributed by atoms with Crippen molar-refractivity contribution < 1.29 is 4.79 Å². The Morgan fingerprint density at radius 2 is 2.12 bits per heavy atom. The Morgan fingerprint density at radius 1 is 1.25 bits per heavy atom. The highest BCUT2D eigenvalue weighted by Crippen LogP contribution is 2.26. The summed E-state index contributed by atoms with van der Waals surface area (Å²) < 4.78 is 1.60. The zero-order chi connectivity index (χ0) is 16.7. The van der Waals surface area contributed by atoms with Crippen molar-refractivity contribution in [2.45, 2.75) is 13.0 Å². The zero-order valence-corrected chi connectivity index (χ0v) is 14.9. The van der Waals surface area contributed by atoms with Gasteiger partial charge in [-0.05, 0) is 41.6 Å². The molecule has 0 atom stereocenters. The maximum absolute atomic E-state index is 12.7. The molecule has 0 saturated carbocycles. The number of halogens is 2. The lowest BCUT2D eigenvalue weighted by molar-refractivity contribution is 0.0736. The molecule has 1 aromatic carbocycles. The van der Waals surface area contributed by atoms with Gasteiger partial charge >= 0.3 is 0 Å². The molecule has 0 saturated heterocycles. The van der Waals surface area contributed by atoms with Crippen LogP contribution in [0.25, 0.3) is 5.69 Å². The maximum Gasteiger partial charge on any atom is 0.257 e. The van der Waals surface area contributed by atoms with Crippen molar-refractivity contribution in [1.29, 1.82) is 0 Å². The van der Waals surface area contributed by atoms with E-state index in [4.69, 9.17) is 23.2 Å². The molecule has 1 amide bonds. The molecule has 4 rings (SSSR count). The molecule has 0 unspecified atom stereocenters. The predicted molar refractivity (Wildman–Crippen MR) is 96.3 cm³/mol. The van der Waals surface area contributed by atoms with Crippen molar-refractivity contribution in [3.05, 3.63) is 68.1 Å². The Morgan fingerprint density at radius 3 is 2.96 bits per heavy atom. The van der Waals surface area contributed by atoms with E-state index in [0.717, 1.165) is 13.0 Å². The summed E-state index contributed by atoms with van der Waals surface area (Å²) in [5.41, 5.74) is 2.49. The number of thiophene rings is 1. The minimum absolute atomic E-state index is 0.0109. The van der Waals surface area contributed by atoms with E-state index in [0.29, 0.717) is 27.8 Å². The molecule has 4 nitrogen and oxygen atoms in total. The number of benzene rings is 1. The Kier molecular flexibility index (Phi) is 4.08. The number of nitrogens with zero attached hydrogens (tertiary/aromatic N) is 3. The molecule has 0 bridgehead atoms. The molecule has 0 N–H and O–H groups in total. The van der Waals surface area contributed by atoms with Gasteiger partial charge in [-0.15, -0.1) is 11.3 Å². The van der Waals surface area contributed by atoms with Gasteiger partial charge in [0.15, 0.2) is 0 Å². The molecule has 0 fully saturated rings. The summed E-state index contributed by atoms with van der Waals surface area (Å²) in [6.07, 6.45) is 4.20. The van der Waals surface area contributed by atoms with Crippen molar-refractivity contribution in [1.82, 2.24) is 14.7 Å². The third-order valence-electron chi connectivity index (χ3n) is 4.08. The third-order valence-corrected chi connectivity index (χ3v) is 5.64. The third kappa shape index (κ3) is 2.83. The molecule has 0 spiro atoms. The molecule has 7 heteroatoms. The van der Waals surface area contributed by atoms with Crippen LogP contribution >= 0.6 is 34.5 Å². The van der Waals surface area contributed by atoms with Crippen molar-refractivity contribution in [3.63, 3.8) is 0 Å². The number of rotatable bonds is 2. The molecule has 1 aliphatic heterocycles. The lowest BCUT2D eigenvalue weighted by Gasteiger charge is -2.26. The lowest BCUT2D eigenvalue weighted by Crippen LogP contribution is -2.35. The van der Waals surface area contributed by atoms with Crippen LogP contribution in [0, 0.1) is 0 Å². The first-order valence-electron chi connectivity index (χ1n) is 7.46. The first-order chi connectivity index (χ1) is 11.6. The second-order valence-corrected chi connectivity index (χ2v) is 7.46. The molecule has 3 heterocycles. The Bertz CT molecular complexity index is 918. The second-order valence-electron chi connectivity index (χ2n) is 5.62. The number of hydrogen-bond acceptors (Lipinski definition) is 3. The summed E-state index contributed by atoms with van der Waals surface area (Å²) in [6, 6.07) is 7.28. The fourth-order valence-electron chi connectivity index (χ4n) is 2.84. The number of hydrogen-bond donors (Lipinski definition) is 0. The number of carbonyl (C=O) groups is 1. The summed E-state index contributed by atoms with van der Waals surface area (Å²) in [4.78, 5) is 16.0. The number of fused-ring (bicyclic) bond motifs is 1. The molecule has 3 aromatic rings. The van der Waals surface area contributed by atoms with E-state index in [-0.39, 0.29) is 5.91 Å². The average Bonchev–Trinajstić information content (AvgIpc) is 3.22. The Labute approximate surface area is 153 Å². The molecule has 1 aliphatic rings. The summed E-state index contributed by atoms with van der Waals surface area (Å²) in [7, 11) is 0. The fourth-order valence-corrected chi connectivity index (χ4v) is 4.22. The van der Waals surface area contributed by atoms with Gasteiger partial charge in [0.2, 0.25) is 0 Å². The maximum atomic E-state index is 12.7. The molecular formula is C17H13Cl2N3OS. The van der Waals surface area contributed by atoms with Crippen LogP contribution in [-0.2, 0) is 13.0 Å². The zero-order valence-electron chi connectivity index (χ0n) is 12.6. The molecule has 0 radical (unpaired) electrons. The smallest absolute Gasteiger partial charge is 0.257 e. The van der Waals surface area contributed by atoms with Crippen LogP contribution in [0.4, 0.5) is 0 Å². The van der Waals surface area contributed by atoms with Crippen LogP contribution < -0.4 is 0 Å². The van der Waals surface area contributed by atoms with E-state index in [1.54, 1.807) is 46.6 Å². The Balaban J connectivity index is 1.58. The Hall–Kier alpha value is -1.82. The van der Waals surface area contributed by atoms with E-state index in [1.165, 1.54) is 10.4 Å². The largest absolute Gasteiger partial charge is 0.334 e. The van der Waals surface area contributed by atoms with Gasteiger partial charge in [0, 0.05) is 29.2 Å². The van der Waals surface area contributed by atoms with Gasteiger partial charge < -0.3 is 4.90 Å². The van der Waals surface area contributed by atoms with Gasteiger partial charge in [-0.3, -0.25) is 4.79 Å². The highest BCUT2D eigenvalue weighted by Gasteiger charge is 2.23. The topological polar surface area (TPSA) is 38.1 Å². The van der Waals surface area contributed by atoms with Crippen LogP contribution in [-0.4, -0.2) is 27.1 Å². The van der Waals surface area contributed by atoms with E-state index >= 15 is 0 Å². The number of aromatic nitrogens is 2. The van der Waals surface area contributed by atoms with Crippen LogP contribution in [0.1, 0.15) is 20.8 Å². The monoisotopic (exact) mass is 377 g/mol. The second kappa shape index (κ2) is 6.24. The van der Waals surface area contributed by atoms with Crippen LogP contribution in [0.5, 0.6) is 0 Å². The first-order valence-corrected chi connectivity index (χ1v) is 9.10. The van der Waals surface area contributed by atoms with Crippen molar-refractivity contribution in [2.75, 3.05) is 6.54 Å². The summed E-state index contributed by atoms with van der Waals surface area (Å²) in [5, 5.41) is 7.41. The van der Waals surface area contributed by atoms with Gasteiger partial charge in [-0.25, -0.2) is 4.68 Å². The van der Waals surface area contributed by atoms with Gasteiger partial charge in [-0.1, -0.05) is 23.2 Å². The standard InChI is InChI=1S/C17H13Cl2N3OS/c18-13-1-2-15(14(19)7-13)22-10-12(8-20-22)17(23)21-5-3-16-11(9-21)4-6-24-16/h1-2,4,6-8,10H,3,5,9H2. The highest BCUT2D eigenvalue weighted by molar-refractivity contribution is 7.10. The summed E-state index contributed by atoms with van der Waals surface area (Å²) in [6.45, 7) is 1.39. The van der Waals surface area contributed by atoms with Gasteiger partial charge in [0.05, 0.1) is 22.5 Å². The minimum atomic E-state index is -0.0109. The normalized spacial score (nSPS) is 13.8. The van der Waals surface area contributed by atoms with Crippen molar-refractivity contribution in [2.24, 2.45) is 0 Å². The van der Waals surface area contributed by atoms with Crippen LogP contribution in [0.3, 0.4) is 0 Å². The molecule has 122 valence electrons. The van der Waals surface area contributed by atoms with Gasteiger partial charge in [0.1, 0.15) is 0 Å². The SMILES string of the molecule is O=C(c1cnn(-c2ccc(Cl)cc2Cl)c1)N1CCc2sccc2C1. The van der Waals surface area contributed by atoms with Crippen LogP contribution in [0.2, 0.25) is 10.0 Å². The highest BCUT2D eigenvalue weighted by atomic mass is 35.5. The summed E-state index contributed by atoms with van der Waals surface area (Å²) >= 11 is 13.9. The predicted octanol–water partition coefficient (Wildman–Crippen LogP) is 4.44. The summed E-state index contributed by atoms with van der Waals surface area (Å²) in [5.74, 6) is -0.0109. The van der Waals surface area contributed by atoms with Gasteiger partial charge in [-0.2, -0.15) is 5.10 Å². The number of carbonyl (C=O) groups excluding carboxylic acids is 1. The van der Waals surface area contributed by atoms with E-state index < -0.39 is 0 Å². The van der Waals surface area contributed by atoms with E-state index in [9.17, 15) is 4.79 Å². The van der Waals surface area contributed by atoms with Crippen molar-refractivity contribution in [3.8, 4) is 5.69 Å². The van der Waals surface area contributed by atoms with E-state index in [1.807, 2.05) is 4.90 Å². The number of amides is 1. The lowest BCUT2D eigenvalue weighted by atomic mass is 10.1. The molecule has 0 aliphatic carbocycles. The minimum Gasteiger partial charge on any atom is -0.334 e. The van der Waals surface area contributed by atoms with Gasteiger partial charge in [0.25, 0.3) is 5.91 Å². The molecule has 2 aromatic heterocycles. The van der Waals surface area contributed by atoms with E-state index in [2.05, 4.69) is 16.5 Å². The van der Waals surface area contributed by atoms with Crippen LogP contribution in [0.15, 0.2) is 42.0 Å².